The first-order chi connectivity index (χ1) is 11.1. The maximum Gasteiger partial charge on any atom is 0.277 e. The molecular weight excluding hydrogens is 323 g/mol. The van der Waals surface area contributed by atoms with Crippen molar-refractivity contribution in [1.82, 2.24) is 29.9 Å². The minimum atomic E-state index is -0.518. The van der Waals surface area contributed by atoms with Gasteiger partial charge >= 0.3 is 0 Å². The fourth-order valence-corrected chi connectivity index (χ4v) is 2.56. The van der Waals surface area contributed by atoms with Gasteiger partial charge in [-0.3, -0.25) is 9.59 Å². The van der Waals surface area contributed by atoms with Crippen molar-refractivity contribution in [1.29, 1.82) is 0 Å². The number of nitrogens with one attached hydrogen (secondary N) is 1. The molecule has 0 aliphatic carbocycles. The molecule has 8 nitrogen and oxygen atoms in total. The number of aromatic nitrogens is 5. The van der Waals surface area contributed by atoms with Crippen LogP contribution in [0.15, 0.2) is 23.0 Å². The molecule has 0 unspecified atom stereocenters. The van der Waals surface area contributed by atoms with Crippen molar-refractivity contribution in [2.75, 3.05) is 6.54 Å². The highest BCUT2D eigenvalue weighted by Gasteiger charge is 2.13. The average molecular weight is 334 g/mol. The van der Waals surface area contributed by atoms with Crippen molar-refractivity contribution in [2.24, 2.45) is 0 Å². The van der Waals surface area contributed by atoms with E-state index in [1.807, 2.05) is 0 Å². The van der Waals surface area contributed by atoms with E-state index in [2.05, 4.69) is 25.2 Å². The zero-order valence-electron chi connectivity index (χ0n) is 12.0. The zero-order chi connectivity index (χ0) is 16.4. The summed E-state index contributed by atoms with van der Waals surface area (Å²) >= 11 is 0.999. The first kappa shape index (κ1) is 15.2. The molecule has 0 bridgehead atoms. The maximum absolute atomic E-state index is 13.2. The van der Waals surface area contributed by atoms with Crippen LogP contribution in [0.2, 0.25) is 0 Å². The summed E-state index contributed by atoms with van der Waals surface area (Å²) in [6.07, 6.45) is 0. The van der Waals surface area contributed by atoms with E-state index < -0.39 is 11.4 Å². The Morgan fingerprint density at radius 1 is 1.39 bits per heavy atom. The van der Waals surface area contributed by atoms with Gasteiger partial charge < -0.3 is 5.32 Å². The summed E-state index contributed by atoms with van der Waals surface area (Å²) in [5, 5.41) is 14.2. The SMILES string of the molecule is Cc1nnsc1C(=O)NCCn1nnc2ccc(F)cc2c1=O. The van der Waals surface area contributed by atoms with Crippen LogP contribution in [0.25, 0.3) is 10.9 Å². The summed E-state index contributed by atoms with van der Waals surface area (Å²) < 4.78 is 18.0. The minimum absolute atomic E-state index is 0.120. The second-order valence-corrected chi connectivity index (χ2v) is 5.48. The molecule has 0 saturated heterocycles. The average Bonchev–Trinajstić information content (AvgIpc) is 2.96. The lowest BCUT2D eigenvalue weighted by Crippen LogP contribution is -2.32. The highest BCUT2D eigenvalue weighted by molar-refractivity contribution is 7.07. The molecule has 0 fully saturated rings. The van der Waals surface area contributed by atoms with E-state index in [0.717, 1.165) is 22.3 Å². The molecule has 0 atom stereocenters. The standard InChI is InChI=1S/C13H11FN6O2S/c1-7-11(23-19-16-7)12(21)15-4-5-20-13(22)9-6-8(14)2-3-10(9)17-18-20/h2-3,6H,4-5H2,1H3,(H,15,21). The molecule has 2 heterocycles. The lowest BCUT2D eigenvalue weighted by atomic mass is 10.2. The molecule has 23 heavy (non-hydrogen) atoms. The number of nitrogens with zero attached hydrogens (tertiary/aromatic N) is 5. The Bertz CT molecular complexity index is 938. The Hall–Kier alpha value is -2.75. The molecule has 1 amide bonds. The van der Waals surface area contributed by atoms with Crippen molar-refractivity contribution in [3.8, 4) is 0 Å². The van der Waals surface area contributed by atoms with Gasteiger partial charge in [0.1, 0.15) is 16.2 Å². The van der Waals surface area contributed by atoms with Crippen LogP contribution >= 0.6 is 11.5 Å². The summed E-state index contributed by atoms with van der Waals surface area (Å²) in [6.45, 7) is 1.98. The number of hydrogen-bond donors (Lipinski definition) is 1. The fourth-order valence-electron chi connectivity index (χ4n) is 1.99. The maximum atomic E-state index is 13.2. The van der Waals surface area contributed by atoms with Gasteiger partial charge in [-0.05, 0) is 36.7 Å². The number of amides is 1. The molecule has 0 spiro atoms. The normalized spacial score (nSPS) is 10.9. The van der Waals surface area contributed by atoms with Gasteiger partial charge in [0.25, 0.3) is 11.5 Å². The molecule has 3 aromatic rings. The summed E-state index contributed by atoms with van der Waals surface area (Å²) in [6, 6.07) is 3.73. The van der Waals surface area contributed by atoms with E-state index in [4.69, 9.17) is 0 Å². The van der Waals surface area contributed by atoms with E-state index in [-0.39, 0.29) is 24.4 Å². The van der Waals surface area contributed by atoms with Gasteiger partial charge in [0.15, 0.2) is 0 Å². The number of halogens is 1. The lowest BCUT2D eigenvalue weighted by molar-refractivity contribution is 0.0955. The van der Waals surface area contributed by atoms with Crippen LogP contribution in [0.3, 0.4) is 0 Å². The number of carbonyl (C=O) groups is 1. The third-order valence-electron chi connectivity index (χ3n) is 3.15. The predicted molar refractivity (Wildman–Crippen MR) is 80.7 cm³/mol. The van der Waals surface area contributed by atoms with Gasteiger partial charge in [0.2, 0.25) is 0 Å². The topological polar surface area (TPSA) is 103 Å². The number of fused-ring (bicyclic) bond motifs is 1. The van der Waals surface area contributed by atoms with Crippen LogP contribution in [0.5, 0.6) is 0 Å². The molecule has 1 aromatic carbocycles. The molecule has 118 valence electrons. The van der Waals surface area contributed by atoms with E-state index in [1.165, 1.54) is 12.1 Å². The van der Waals surface area contributed by atoms with Crippen molar-refractivity contribution in [3.05, 3.63) is 44.9 Å². The highest BCUT2D eigenvalue weighted by atomic mass is 32.1. The van der Waals surface area contributed by atoms with Crippen molar-refractivity contribution in [2.45, 2.75) is 13.5 Å². The van der Waals surface area contributed by atoms with Crippen LogP contribution in [0.1, 0.15) is 15.4 Å². The molecule has 10 heteroatoms. The Morgan fingerprint density at radius 3 is 2.96 bits per heavy atom. The molecule has 1 N–H and O–H groups in total. The van der Waals surface area contributed by atoms with Gasteiger partial charge in [0, 0.05) is 6.54 Å². The fraction of sp³-hybridized carbons (Fsp3) is 0.231. The van der Waals surface area contributed by atoms with E-state index >= 15 is 0 Å². The quantitative estimate of drug-likeness (QED) is 0.746. The largest absolute Gasteiger partial charge is 0.349 e. The molecule has 0 aliphatic rings. The third kappa shape index (κ3) is 3.06. The van der Waals surface area contributed by atoms with Crippen molar-refractivity contribution >= 4 is 28.3 Å². The van der Waals surface area contributed by atoms with Crippen LogP contribution < -0.4 is 10.9 Å². The van der Waals surface area contributed by atoms with Crippen molar-refractivity contribution < 1.29 is 9.18 Å². The van der Waals surface area contributed by atoms with Gasteiger partial charge in [0.05, 0.1) is 17.6 Å². The number of aryl methyl sites for hydroxylation is 1. The third-order valence-corrected chi connectivity index (χ3v) is 3.98. The molecule has 2 aromatic heterocycles. The van der Waals surface area contributed by atoms with E-state index in [1.54, 1.807) is 6.92 Å². The van der Waals surface area contributed by atoms with Crippen LogP contribution in [-0.2, 0) is 6.54 Å². The summed E-state index contributed by atoms with van der Waals surface area (Å²) in [4.78, 5) is 24.5. The first-order valence-corrected chi connectivity index (χ1v) is 7.44. The predicted octanol–water partition coefficient (Wildman–Crippen LogP) is 0.521. The Kier molecular flexibility index (Phi) is 4.06. The van der Waals surface area contributed by atoms with Gasteiger partial charge in [-0.2, -0.15) is 0 Å². The highest BCUT2D eigenvalue weighted by Crippen LogP contribution is 2.08. The molecule has 0 saturated carbocycles. The monoisotopic (exact) mass is 334 g/mol. The number of hydrogen-bond acceptors (Lipinski definition) is 7. The zero-order valence-corrected chi connectivity index (χ0v) is 12.8. The number of carbonyl (C=O) groups excluding carboxylic acids is 1. The summed E-state index contributed by atoms with van der Waals surface area (Å²) in [7, 11) is 0. The van der Waals surface area contributed by atoms with Crippen LogP contribution in [0.4, 0.5) is 4.39 Å². The second-order valence-electron chi connectivity index (χ2n) is 4.72. The van der Waals surface area contributed by atoms with E-state index in [9.17, 15) is 14.0 Å². The van der Waals surface area contributed by atoms with Crippen LogP contribution in [0, 0.1) is 12.7 Å². The van der Waals surface area contributed by atoms with Gasteiger partial charge in [-0.15, -0.1) is 10.2 Å². The number of benzene rings is 1. The molecule has 0 aliphatic heterocycles. The Labute approximate surface area is 133 Å². The first-order valence-electron chi connectivity index (χ1n) is 6.66. The van der Waals surface area contributed by atoms with Crippen molar-refractivity contribution in [3.63, 3.8) is 0 Å². The summed E-state index contributed by atoms with van der Waals surface area (Å²) in [5.41, 5.74) is 0.410. The van der Waals surface area contributed by atoms with Gasteiger partial charge in [-0.1, -0.05) is 9.70 Å². The lowest BCUT2D eigenvalue weighted by Gasteiger charge is -2.06. The minimum Gasteiger partial charge on any atom is -0.349 e. The Balaban J connectivity index is 1.73. The number of rotatable bonds is 4. The molecular formula is C13H11FN6O2S. The van der Waals surface area contributed by atoms with Crippen LogP contribution in [-0.4, -0.2) is 37.0 Å². The molecule has 3 rings (SSSR count). The summed E-state index contributed by atoms with van der Waals surface area (Å²) in [5.74, 6) is -0.832. The molecule has 0 radical (unpaired) electrons. The second kappa shape index (κ2) is 6.16. The smallest absolute Gasteiger partial charge is 0.277 e. The Morgan fingerprint density at radius 2 is 2.22 bits per heavy atom. The van der Waals surface area contributed by atoms with E-state index in [0.29, 0.717) is 16.1 Å². The van der Waals surface area contributed by atoms with Gasteiger partial charge in [-0.25, -0.2) is 9.07 Å².